The topological polar surface area (TPSA) is 118 Å². The summed E-state index contributed by atoms with van der Waals surface area (Å²) in [4.78, 5) is 31.6. The second-order valence-electron chi connectivity index (χ2n) is 6.86. The molecular formula is C22H14I2N4O4S2. The van der Waals surface area contributed by atoms with Crippen molar-refractivity contribution in [2.24, 2.45) is 4.99 Å². The van der Waals surface area contributed by atoms with Gasteiger partial charge in [-0.05, 0) is 93.2 Å². The third-order valence-electron chi connectivity index (χ3n) is 4.44. The zero-order valence-corrected chi connectivity index (χ0v) is 23.0. The highest BCUT2D eigenvalue weighted by molar-refractivity contribution is 14.1. The summed E-state index contributed by atoms with van der Waals surface area (Å²) in [5.74, 6) is 0.220. The van der Waals surface area contributed by atoms with Crippen molar-refractivity contribution in [1.29, 1.82) is 0 Å². The quantitative estimate of drug-likeness (QED) is 0.0732. The molecule has 172 valence electrons. The third kappa shape index (κ3) is 6.22. The van der Waals surface area contributed by atoms with E-state index in [1.807, 2.05) is 30.3 Å². The van der Waals surface area contributed by atoms with Crippen molar-refractivity contribution in [1.82, 2.24) is 4.98 Å². The average molecular weight is 716 g/mol. The van der Waals surface area contributed by atoms with Crippen LogP contribution in [0.2, 0.25) is 0 Å². The highest BCUT2D eigenvalue weighted by Crippen LogP contribution is 2.32. The largest absolute Gasteiger partial charge is 0.506 e. The van der Waals surface area contributed by atoms with E-state index in [0.717, 1.165) is 32.9 Å². The number of nitro benzene ring substituents is 1. The number of hydrogen-bond donors (Lipinski definition) is 2. The van der Waals surface area contributed by atoms with Crippen molar-refractivity contribution in [3.63, 3.8) is 0 Å². The number of aromatic nitrogens is 1. The Kier molecular flexibility index (Phi) is 8.00. The molecule has 0 aliphatic carbocycles. The van der Waals surface area contributed by atoms with Crippen LogP contribution in [0.15, 0.2) is 63.9 Å². The van der Waals surface area contributed by atoms with Gasteiger partial charge in [0.05, 0.1) is 33.7 Å². The lowest BCUT2D eigenvalue weighted by atomic mass is 10.2. The molecule has 2 N–H and O–H groups in total. The molecular weight excluding hydrogens is 702 g/mol. The van der Waals surface area contributed by atoms with Gasteiger partial charge in [-0.3, -0.25) is 19.9 Å². The second kappa shape index (κ2) is 11.0. The fourth-order valence-corrected chi connectivity index (χ4v) is 6.55. The predicted molar refractivity (Wildman–Crippen MR) is 153 cm³/mol. The number of aliphatic imine (C=N–C) groups is 1. The van der Waals surface area contributed by atoms with E-state index >= 15 is 0 Å². The summed E-state index contributed by atoms with van der Waals surface area (Å²) in [5.41, 5.74) is 2.98. The van der Waals surface area contributed by atoms with Crippen molar-refractivity contribution >= 4 is 108 Å². The summed E-state index contributed by atoms with van der Waals surface area (Å²) in [6.07, 6.45) is 1.75. The number of halogens is 2. The van der Waals surface area contributed by atoms with Gasteiger partial charge in [0.2, 0.25) is 5.91 Å². The Labute approximate surface area is 229 Å². The number of thiazole rings is 1. The Balaban J connectivity index is 1.39. The third-order valence-corrected chi connectivity index (χ3v) is 8.25. The molecule has 0 spiro atoms. The van der Waals surface area contributed by atoms with E-state index in [4.69, 9.17) is 0 Å². The van der Waals surface area contributed by atoms with E-state index < -0.39 is 4.92 Å². The molecule has 1 aromatic heterocycles. The van der Waals surface area contributed by atoms with Gasteiger partial charge in [0.15, 0.2) is 4.34 Å². The van der Waals surface area contributed by atoms with Crippen LogP contribution in [-0.4, -0.2) is 32.9 Å². The van der Waals surface area contributed by atoms with Gasteiger partial charge in [-0.1, -0.05) is 11.8 Å². The molecule has 8 nitrogen and oxygen atoms in total. The highest BCUT2D eigenvalue weighted by Gasteiger charge is 2.10. The second-order valence-corrected chi connectivity index (χ2v) is 11.4. The zero-order valence-electron chi connectivity index (χ0n) is 17.1. The van der Waals surface area contributed by atoms with E-state index in [0.29, 0.717) is 5.69 Å². The molecule has 0 fully saturated rings. The summed E-state index contributed by atoms with van der Waals surface area (Å²) in [6, 6.07) is 15.1. The molecule has 12 heteroatoms. The van der Waals surface area contributed by atoms with Crippen LogP contribution < -0.4 is 5.32 Å². The first-order valence-electron chi connectivity index (χ1n) is 9.58. The van der Waals surface area contributed by atoms with Crippen molar-refractivity contribution in [3.8, 4) is 5.75 Å². The Morgan fingerprint density at radius 1 is 1.18 bits per heavy atom. The maximum Gasteiger partial charge on any atom is 0.269 e. The van der Waals surface area contributed by atoms with Crippen LogP contribution in [0.3, 0.4) is 0 Å². The maximum atomic E-state index is 12.2. The number of nitro groups is 1. The number of aromatic hydroxyl groups is 1. The molecule has 4 aromatic rings. The number of rotatable bonds is 7. The first-order valence-corrected chi connectivity index (χ1v) is 13.5. The van der Waals surface area contributed by atoms with Crippen molar-refractivity contribution < 1.29 is 14.8 Å². The monoisotopic (exact) mass is 716 g/mol. The van der Waals surface area contributed by atoms with Gasteiger partial charge in [0.1, 0.15) is 5.75 Å². The number of carbonyl (C=O) groups excluding carboxylic acids is 1. The predicted octanol–water partition coefficient (Wildman–Crippen LogP) is 6.60. The molecule has 0 radical (unpaired) electrons. The Morgan fingerprint density at radius 3 is 2.56 bits per heavy atom. The summed E-state index contributed by atoms with van der Waals surface area (Å²) >= 11 is 6.98. The molecule has 0 aliphatic rings. The number of nitrogens with zero attached hydrogens (tertiary/aromatic N) is 3. The number of amides is 1. The van der Waals surface area contributed by atoms with Crippen LogP contribution in [0.1, 0.15) is 5.56 Å². The average Bonchev–Trinajstić information content (AvgIpc) is 3.22. The van der Waals surface area contributed by atoms with Gasteiger partial charge in [0.25, 0.3) is 5.69 Å². The lowest BCUT2D eigenvalue weighted by Gasteiger charge is -2.03. The first-order chi connectivity index (χ1) is 16.3. The standard InChI is InChI=1S/C22H14I2N4O4S2/c23-16-7-12(8-17(24)21(16)30)10-25-14-3-6-18-19(9-14)34-22(27-18)33-11-20(29)26-13-1-4-15(5-2-13)28(31)32/h1-10,30H,11H2,(H,26,29). The number of phenols is 1. The van der Waals surface area contributed by atoms with Crippen molar-refractivity contribution in [3.05, 3.63) is 77.4 Å². The van der Waals surface area contributed by atoms with Gasteiger partial charge in [0, 0.05) is 24.0 Å². The molecule has 34 heavy (non-hydrogen) atoms. The number of phenolic OH excluding ortho intramolecular Hbond substituents is 1. The molecule has 4 rings (SSSR count). The lowest BCUT2D eigenvalue weighted by molar-refractivity contribution is -0.384. The fraction of sp³-hybridized carbons (Fsp3) is 0.0455. The SMILES string of the molecule is O=C(CSc1nc2ccc(N=Cc3cc(I)c(O)c(I)c3)cc2s1)Nc1ccc([N+](=O)[O-])cc1. The van der Waals surface area contributed by atoms with E-state index in [-0.39, 0.29) is 23.1 Å². The number of nitrogens with one attached hydrogen (secondary N) is 1. The van der Waals surface area contributed by atoms with E-state index in [1.165, 1.54) is 47.4 Å². The number of thioether (sulfide) groups is 1. The summed E-state index contributed by atoms with van der Waals surface area (Å²) in [7, 11) is 0. The van der Waals surface area contributed by atoms with E-state index in [2.05, 4.69) is 60.5 Å². The first kappa shape index (κ1) is 24.8. The molecule has 3 aromatic carbocycles. The maximum absolute atomic E-state index is 12.2. The van der Waals surface area contributed by atoms with Crippen LogP contribution in [0, 0.1) is 17.3 Å². The van der Waals surface area contributed by atoms with Gasteiger partial charge in [-0.25, -0.2) is 4.98 Å². The number of fused-ring (bicyclic) bond motifs is 1. The normalized spacial score (nSPS) is 11.2. The Bertz CT molecular complexity index is 1400. The summed E-state index contributed by atoms with van der Waals surface area (Å²) in [6.45, 7) is 0. The number of hydrogen-bond acceptors (Lipinski definition) is 8. The van der Waals surface area contributed by atoms with Gasteiger partial charge in [-0.15, -0.1) is 11.3 Å². The van der Waals surface area contributed by atoms with Crippen LogP contribution in [0.4, 0.5) is 17.1 Å². The minimum Gasteiger partial charge on any atom is -0.506 e. The van der Waals surface area contributed by atoms with E-state index in [9.17, 15) is 20.0 Å². The van der Waals surface area contributed by atoms with Crippen LogP contribution in [0.25, 0.3) is 10.2 Å². The zero-order chi connectivity index (χ0) is 24.2. The Hall–Kier alpha value is -2.30. The van der Waals surface area contributed by atoms with Gasteiger partial charge < -0.3 is 10.4 Å². The van der Waals surface area contributed by atoms with E-state index in [1.54, 1.807) is 6.21 Å². The number of non-ortho nitro benzene ring substituents is 1. The van der Waals surface area contributed by atoms with Crippen LogP contribution in [0.5, 0.6) is 5.75 Å². The minimum absolute atomic E-state index is 0.0295. The molecule has 0 saturated carbocycles. The van der Waals surface area contributed by atoms with Crippen molar-refractivity contribution in [2.45, 2.75) is 4.34 Å². The molecule has 0 atom stereocenters. The summed E-state index contributed by atoms with van der Waals surface area (Å²) in [5, 5.41) is 23.3. The lowest BCUT2D eigenvalue weighted by Crippen LogP contribution is -2.13. The van der Waals surface area contributed by atoms with Crippen LogP contribution >= 0.6 is 68.3 Å². The number of carbonyl (C=O) groups is 1. The summed E-state index contributed by atoms with van der Waals surface area (Å²) < 4.78 is 3.26. The number of benzene rings is 3. The van der Waals surface area contributed by atoms with Crippen molar-refractivity contribution in [2.75, 3.05) is 11.1 Å². The molecule has 1 amide bonds. The fourth-order valence-electron chi connectivity index (χ4n) is 2.83. The van der Waals surface area contributed by atoms with Crippen LogP contribution in [-0.2, 0) is 4.79 Å². The molecule has 0 unspecified atom stereocenters. The molecule has 0 saturated heterocycles. The Morgan fingerprint density at radius 2 is 1.88 bits per heavy atom. The molecule has 0 aliphatic heterocycles. The molecule has 0 bridgehead atoms. The van der Waals surface area contributed by atoms with Gasteiger partial charge in [-0.2, -0.15) is 0 Å². The highest BCUT2D eigenvalue weighted by atomic mass is 127. The molecule has 1 heterocycles. The number of anilines is 1. The smallest absolute Gasteiger partial charge is 0.269 e. The van der Waals surface area contributed by atoms with Gasteiger partial charge >= 0.3 is 0 Å². The minimum atomic E-state index is -0.486.